The fourth-order valence-electron chi connectivity index (χ4n) is 14.8. The highest BCUT2D eigenvalue weighted by atomic mass is 16.8. The summed E-state index contributed by atoms with van der Waals surface area (Å²) in [6.07, 6.45) is -13.7. The Hall–Kier alpha value is -1.39. The minimum absolute atomic E-state index is 0.0373. The van der Waals surface area contributed by atoms with Gasteiger partial charge in [-0.3, -0.25) is 4.79 Å². The van der Waals surface area contributed by atoms with Crippen molar-refractivity contribution in [1.82, 2.24) is 0 Å². The predicted molar refractivity (Wildman–Crippen MR) is 229 cm³/mol. The summed E-state index contributed by atoms with van der Waals surface area (Å²) in [5.74, 6) is 0.139. The van der Waals surface area contributed by atoms with Gasteiger partial charge in [0.1, 0.15) is 67.1 Å². The Labute approximate surface area is 382 Å². The summed E-state index contributed by atoms with van der Waals surface area (Å²) in [5.41, 5.74) is -0.0204. The molecule has 8 aliphatic rings. The molecule has 0 aromatic carbocycles. The van der Waals surface area contributed by atoms with Crippen molar-refractivity contribution < 1.29 is 84.3 Å². The SMILES string of the molecule is C[C@H]1O[C@H](O[C@@H]2[C@@H](O)[C@H](O)[C@H](OC[C@@H]3O[C@@H](OC(=O)[C@]45CCC(C)(C)C[C@H]4C4=CC[C@@H]6[C@@]7(C)CCC(O)C(C)(C)[C@@H]7CC[C@@]6(C)[C@]4(C)CC5)[C@@H](O)[C@H](O)[C@H]3O)O[C@H]2CO)[C@@H](O)[C@@H](O)[C@@H]1O. The smallest absolute Gasteiger partial charge is 0.315 e. The second kappa shape index (κ2) is 17.5. The first kappa shape index (κ1) is 50.0. The monoisotopic (exact) mass is 927 g/mol. The molecule has 372 valence electrons. The zero-order valence-corrected chi connectivity index (χ0v) is 39.4. The number of carbonyl (C=O) groups is 1. The second-order valence-corrected chi connectivity index (χ2v) is 23.5. The standard InChI is InChI=1S/C48H78O17/c1-22-30(51)32(53)35(56)40(61-22)64-38-25(20-49)62-39(37(58)34(38)55)60-21-26-31(52)33(54)36(57)41(63-26)65-42(59)48-17-15-43(2,3)19-24(48)23-9-10-28-45(6)13-12-29(50)44(4,5)27(45)11-14-47(28,8)46(23,7)16-18-48/h9,22,24-41,49-58H,10-21H2,1-8H3/t22-,24+,25+,26+,27+,28-,29?,30-,31+,32+,33-,34+,35+,36+,37+,38+,39-,40-,41+,45+,46-,47-,48+/m1/s1. The summed E-state index contributed by atoms with van der Waals surface area (Å²) in [4.78, 5) is 14.9. The van der Waals surface area contributed by atoms with Gasteiger partial charge in [-0.1, -0.05) is 60.1 Å². The van der Waals surface area contributed by atoms with E-state index in [1.807, 2.05) is 0 Å². The molecule has 1 unspecified atom stereocenters. The molecule has 17 nitrogen and oxygen atoms in total. The highest BCUT2D eigenvalue weighted by Crippen LogP contribution is 2.76. The summed E-state index contributed by atoms with van der Waals surface area (Å²) in [6, 6.07) is 0. The van der Waals surface area contributed by atoms with Crippen molar-refractivity contribution in [3.05, 3.63) is 11.6 Å². The quantitative estimate of drug-likeness (QED) is 0.121. The van der Waals surface area contributed by atoms with Crippen LogP contribution >= 0.6 is 0 Å². The van der Waals surface area contributed by atoms with E-state index in [0.29, 0.717) is 24.7 Å². The van der Waals surface area contributed by atoms with E-state index >= 15 is 0 Å². The molecule has 3 heterocycles. The Morgan fingerprint density at radius 1 is 0.677 bits per heavy atom. The van der Waals surface area contributed by atoms with Crippen LogP contribution in [0.4, 0.5) is 0 Å². The molecule has 0 aromatic heterocycles. The molecule has 65 heavy (non-hydrogen) atoms. The molecular formula is C48H78O17. The van der Waals surface area contributed by atoms with Crippen molar-refractivity contribution in [1.29, 1.82) is 0 Å². The molecule has 8 rings (SSSR count). The van der Waals surface area contributed by atoms with Crippen LogP contribution < -0.4 is 0 Å². The first-order valence-electron chi connectivity index (χ1n) is 24.2. The largest absolute Gasteiger partial charge is 0.432 e. The lowest BCUT2D eigenvalue weighted by Crippen LogP contribution is -2.65. The van der Waals surface area contributed by atoms with E-state index in [0.717, 1.165) is 51.4 Å². The molecule has 0 aromatic rings. The lowest BCUT2D eigenvalue weighted by Gasteiger charge is -2.71. The van der Waals surface area contributed by atoms with E-state index in [9.17, 15) is 55.9 Å². The van der Waals surface area contributed by atoms with Crippen molar-refractivity contribution in [2.75, 3.05) is 13.2 Å². The fraction of sp³-hybridized carbons (Fsp3) is 0.938. The Morgan fingerprint density at radius 3 is 2.00 bits per heavy atom. The molecule has 0 amide bonds. The van der Waals surface area contributed by atoms with Gasteiger partial charge in [0.15, 0.2) is 12.6 Å². The molecule has 7 fully saturated rings. The average molecular weight is 927 g/mol. The van der Waals surface area contributed by atoms with Crippen LogP contribution in [0.3, 0.4) is 0 Å². The average Bonchev–Trinajstić information content (AvgIpc) is 3.25. The van der Waals surface area contributed by atoms with Crippen molar-refractivity contribution >= 4 is 5.97 Å². The number of fused-ring (bicyclic) bond motifs is 7. The van der Waals surface area contributed by atoms with Gasteiger partial charge in [-0.15, -0.1) is 0 Å². The molecular weight excluding hydrogens is 849 g/mol. The first-order valence-corrected chi connectivity index (χ1v) is 24.2. The molecule has 3 aliphatic heterocycles. The van der Waals surface area contributed by atoms with E-state index in [2.05, 4.69) is 54.5 Å². The number of ether oxygens (including phenoxy) is 6. The minimum atomic E-state index is -1.84. The van der Waals surface area contributed by atoms with Crippen LogP contribution in [0, 0.1) is 50.2 Å². The van der Waals surface area contributed by atoms with E-state index < -0.39 is 117 Å². The van der Waals surface area contributed by atoms with Gasteiger partial charge in [0, 0.05) is 0 Å². The summed E-state index contributed by atoms with van der Waals surface area (Å²) < 4.78 is 34.8. The van der Waals surface area contributed by atoms with Gasteiger partial charge in [0.05, 0.1) is 30.8 Å². The third-order valence-corrected chi connectivity index (χ3v) is 19.3. The van der Waals surface area contributed by atoms with E-state index in [1.165, 1.54) is 12.5 Å². The Bertz CT molecular complexity index is 1780. The molecule has 4 saturated carbocycles. The van der Waals surface area contributed by atoms with Crippen LogP contribution in [0.15, 0.2) is 11.6 Å². The van der Waals surface area contributed by atoms with Gasteiger partial charge in [-0.05, 0) is 116 Å². The maximum Gasteiger partial charge on any atom is 0.315 e. The maximum atomic E-state index is 14.9. The van der Waals surface area contributed by atoms with Gasteiger partial charge in [0.2, 0.25) is 6.29 Å². The van der Waals surface area contributed by atoms with Crippen LogP contribution in [-0.2, 0) is 33.2 Å². The number of allylic oxidation sites excluding steroid dienone is 2. The Morgan fingerprint density at radius 2 is 1.31 bits per heavy atom. The highest BCUT2D eigenvalue weighted by Gasteiger charge is 2.70. The van der Waals surface area contributed by atoms with Gasteiger partial charge >= 0.3 is 5.97 Å². The summed E-state index contributed by atoms with van der Waals surface area (Å²) in [5, 5.41) is 108. The van der Waals surface area contributed by atoms with Gasteiger partial charge in [-0.2, -0.15) is 0 Å². The highest BCUT2D eigenvalue weighted by molar-refractivity contribution is 5.79. The van der Waals surface area contributed by atoms with Crippen molar-refractivity contribution in [2.24, 2.45) is 50.2 Å². The summed E-state index contributed by atoms with van der Waals surface area (Å²) in [6.45, 7) is 16.4. The van der Waals surface area contributed by atoms with Crippen molar-refractivity contribution in [3.8, 4) is 0 Å². The zero-order chi connectivity index (χ0) is 47.6. The van der Waals surface area contributed by atoms with Crippen LogP contribution in [0.5, 0.6) is 0 Å². The molecule has 3 saturated heterocycles. The molecule has 5 aliphatic carbocycles. The Balaban J connectivity index is 0.973. The van der Waals surface area contributed by atoms with E-state index in [4.69, 9.17) is 28.4 Å². The van der Waals surface area contributed by atoms with Gasteiger partial charge in [-0.25, -0.2) is 0 Å². The Kier molecular flexibility index (Phi) is 13.4. The van der Waals surface area contributed by atoms with Crippen LogP contribution in [0.1, 0.15) is 120 Å². The first-order chi connectivity index (χ1) is 30.3. The normalized spacial score (nSPS) is 53.9. The molecule has 17 heteroatoms. The topological polar surface area (TPSA) is 275 Å². The number of rotatable bonds is 8. The molecule has 0 bridgehead atoms. The number of hydrogen-bond acceptors (Lipinski definition) is 17. The third-order valence-electron chi connectivity index (χ3n) is 19.3. The molecule has 23 atom stereocenters. The molecule has 0 radical (unpaired) electrons. The lowest BCUT2D eigenvalue weighted by atomic mass is 9.33. The number of aliphatic hydroxyl groups is 10. The molecule has 10 N–H and O–H groups in total. The van der Waals surface area contributed by atoms with Crippen LogP contribution in [0.25, 0.3) is 0 Å². The number of aliphatic hydroxyl groups excluding tert-OH is 10. The number of hydrogen-bond donors (Lipinski definition) is 10. The van der Waals surface area contributed by atoms with Crippen molar-refractivity contribution in [2.45, 2.75) is 218 Å². The van der Waals surface area contributed by atoms with Gasteiger partial charge in [0.25, 0.3) is 0 Å². The summed E-state index contributed by atoms with van der Waals surface area (Å²) in [7, 11) is 0. The fourth-order valence-corrected chi connectivity index (χ4v) is 14.8. The van der Waals surface area contributed by atoms with E-state index in [-0.39, 0.29) is 39.1 Å². The van der Waals surface area contributed by atoms with Gasteiger partial charge < -0.3 is 79.5 Å². The predicted octanol–water partition coefficient (Wildman–Crippen LogP) is 1.17. The molecule has 0 spiro atoms. The van der Waals surface area contributed by atoms with Crippen LogP contribution in [0.2, 0.25) is 0 Å². The third kappa shape index (κ3) is 7.90. The maximum absolute atomic E-state index is 14.9. The van der Waals surface area contributed by atoms with Crippen LogP contribution in [-0.4, -0.2) is 168 Å². The minimum Gasteiger partial charge on any atom is -0.432 e. The number of esters is 1. The van der Waals surface area contributed by atoms with E-state index in [1.54, 1.807) is 0 Å². The van der Waals surface area contributed by atoms with Crippen molar-refractivity contribution in [3.63, 3.8) is 0 Å². The second-order valence-electron chi connectivity index (χ2n) is 23.5. The number of carbonyl (C=O) groups excluding carboxylic acids is 1. The lowest BCUT2D eigenvalue weighted by molar-refractivity contribution is -0.361. The summed E-state index contributed by atoms with van der Waals surface area (Å²) >= 11 is 0. The zero-order valence-electron chi connectivity index (χ0n) is 39.4.